The van der Waals surface area contributed by atoms with Gasteiger partial charge < -0.3 is 10.1 Å². The number of aromatic nitrogens is 5. The van der Waals surface area contributed by atoms with Gasteiger partial charge in [-0.05, 0) is 64.7 Å². The predicted octanol–water partition coefficient (Wildman–Crippen LogP) is 6.11. The normalized spacial score (nSPS) is 16.5. The lowest BCUT2D eigenvalue weighted by atomic mass is 9.94. The van der Waals surface area contributed by atoms with Crippen LogP contribution in [0.3, 0.4) is 0 Å². The Morgan fingerprint density at radius 2 is 2.06 bits per heavy atom. The van der Waals surface area contributed by atoms with E-state index in [0.29, 0.717) is 28.3 Å². The number of hydrogen-bond acceptors (Lipinski definition) is 7. The molecule has 1 atom stereocenters. The number of carbonyl (C=O) groups is 1. The quantitative estimate of drug-likeness (QED) is 0.355. The maximum Gasteiger partial charge on any atom is 0.407 e. The van der Waals surface area contributed by atoms with E-state index in [1.807, 2.05) is 26.8 Å². The highest BCUT2D eigenvalue weighted by molar-refractivity contribution is 7.19. The van der Waals surface area contributed by atoms with Gasteiger partial charge in [-0.3, -0.25) is 4.98 Å². The maximum atomic E-state index is 13.7. The first kappa shape index (κ1) is 24.2. The Morgan fingerprint density at radius 1 is 1.25 bits per heavy atom. The number of nitrogens with zero attached hydrogens (tertiary/aromatic N) is 5. The van der Waals surface area contributed by atoms with Crippen molar-refractivity contribution in [1.82, 2.24) is 29.9 Å². The number of aryl methyl sites for hydroxylation is 1. The van der Waals surface area contributed by atoms with Crippen LogP contribution in [-0.2, 0) is 4.74 Å². The average molecular weight is 513 g/mol. The molecule has 4 aromatic rings. The maximum absolute atomic E-state index is 13.7. The minimum absolute atomic E-state index is 0.0256. The topological polar surface area (TPSA) is 94.3 Å². The number of ether oxygens (including phenoxy) is 1. The van der Waals surface area contributed by atoms with Crippen LogP contribution in [0.25, 0.3) is 33.0 Å². The van der Waals surface area contributed by atoms with Crippen LogP contribution < -0.4 is 5.32 Å². The number of allylic oxidation sites excluding steroid dienone is 1. The molecule has 188 valence electrons. The van der Waals surface area contributed by atoms with E-state index < -0.39 is 18.1 Å². The molecule has 4 aromatic heterocycles. The third-order valence-corrected chi connectivity index (χ3v) is 6.86. The Morgan fingerprint density at radius 3 is 2.75 bits per heavy atom. The Kier molecular flexibility index (Phi) is 6.19. The van der Waals surface area contributed by atoms with E-state index >= 15 is 0 Å². The van der Waals surface area contributed by atoms with Crippen LogP contribution in [0.2, 0.25) is 0 Å². The molecule has 0 saturated carbocycles. The molecule has 0 unspecified atom stereocenters. The third kappa shape index (κ3) is 5.06. The molecule has 1 amide bonds. The van der Waals surface area contributed by atoms with Crippen molar-refractivity contribution < 1.29 is 18.3 Å². The number of hydrogen-bond donors (Lipinski definition) is 1. The van der Waals surface area contributed by atoms with E-state index in [-0.39, 0.29) is 17.3 Å². The van der Waals surface area contributed by atoms with E-state index in [1.54, 1.807) is 19.3 Å². The SMILES string of the molecule is Cc1cn2nc(-c3cnc4cc(C5=CC[C@H](NC(=O)OC(C)(C)C)CC5)sc4n3)cc(C(F)F)c2n1. The molecular weight excluding hydrogens is 486 g/mol. The van der Waals surface area contributed by atoms with Crippen LogP contribution in [0.1, 0.15) is 62.6 Å². The molecule has 0 aliphatic heterocycles. The van der Waals surface area contributed by atoms with Crippen molar-refractivity contribution in [2.75, 3.05) is 0 Å². The highest BCUT2D eigenvalue weighted by Crippen LogP contribution is 2.35. The zero-order valence-electron chi connectivity index (χ0n) is 20.4. The van der Waals surface area contributed by atoms with Crippen molar-refractivity contribution >= 4 is 39.0 Å². The molecule has 0 spiro atoms. The van der Waals surface area contributed by atoms with Crippen LogP contribution in [0.4, 0.5) is 13.6 Å². The fourth-order valence-electron chi connectivity index (χ4n) is 4.16. The summed E-state index contributed by atoms with van der Waals surface area (Å²) in [4.78, 5) is 27.2. The number of carbonyl (C=O) groups excluding carboxylic acids is 1. The summed E-state index contributed by atoms with van der Waals surface area (Å²) in [5, 5.41) is 7.37. The summed E-state index contributed by atoms with van der Waals surface area (Å²) in [7, 11) is 0. The van der Waals surface area contributed by atoms with Crippen molar-refractivity contribution in [3.8, 4) is 11.4 Å². The van der Waals surface area contributed by atoms with Gasteiger partial charge in [0.1, 0.15) is 27.3 Å². The van der Waals surface area contributed by atoms with Crippen molar-refractivity contribution in [1.29, 1.82) is 0 Å². The number of rotatable bonds is 4. The summed E-state index contributed by atoms with van der Waals surface area (Å²) in [5.74, 6) is 0. The molecular formula is C25H26F2N6O2S. The lowest BCUT2D eigenvalue weighted by Crippen LogP contribution is -2.39. The van der Waals surface area contributed by atoms with E-state index in [1.165, 1.54) is 27.5 Å². The first-order chi connectivity index (χ1) is 17.1. The summed E-state index contributed by atoms with van der Waals surface area (Å²) < 4.78 is 34.1. The number of fused-ring (bicyclic) bond motifs is 2. The molecule has 0 bridgehead atoms. The second-order valence-electron chi connectivity index (χ2n) is 9.84. The standard InChI is InChI=1S/C25H26F2N6O2S/c1-13-12-33-22(29-13)16(21(26)27)9-17(32-33)19-11-28-18-10-20(36-23(18)31-19)14-5-7-15(8-6-14)30-24(34)35-25(2,3)4/h5,9-12,15,21H,6-8H2,1-4H3,(H,30,34)/t15-/m0/s1. The number of alkyl halides is 2. The summed E-state index contributed by atoms with van der Waals surface area (Å²) in [6, 6.07) is 3.35. The molecule has 0 radical (unpaired) electrons. The second kappa shape index (κ2) is 9.20. The van der Waals surface area contributed by atoms with Gasteiger partial charge in [0.15, 0.2) is 5.65 Å². The van der Waals surface area contributed by atoms with Crippen LogP contribution in [0.15, 0.2) is 30.6 Å². The number of halogens is 2. The van der Waals surface area contributed by atoms with Crippen LogP contribution >= 0.6 is 11.3 Å². The molecule has 0 saturated heterocycles. The fourth-order valence-corrected chi connectivity index (χ4v) is 5.21. The molecule has 1 aliphatic rings. The zero-order chi connectivity index (χ0) is 25.6. The molecule has 4 heterocycles. The lowest BCUT2D eigenvalue weighted by molar-refractivity contribution is 0.0502. The van der Waals surface area contributed by atoms with Gasteiger partial charge in [-0.15, -0.1) is 11.3 Å². The van der Waals surface area contributed by atoms with Crippen molar-refractivity contribution in [2.24, 2.45) is 0 Å². The molecule has 5 rings (SSSR count). The van der Waals surface area contributed by atoms with Crippen molar-refractivity contribution in [2.45, 2.75) is 65.0 Å². The largest absolute Gasteiger partial charge is 0.444 e. The van der Waals surface area contributed by atoms with Gasteiger partial charge in [-0.1, -0.05) is 6.08 Å². The first-order valence-electron chi connectivity index (χ1n) is 11.7. The van der Waals surface area contributed by atoms with Gasteiger partial charge >= 0.3 is 6.09 Å². The molecule has 36 heavy (non-hydrogen) atoms. The molecule has 1 N–H and O–H groups in total. The molecule has 0 fully saturated rings. The molecule has 1 aliphatic carbocycles. The minimum atomic E-state index is -2.69. The van der Waals surface area contributed by atoms with Crippen LogP contribution in [0, 0.1) is 6.92 Å². The number of nitrogens with one attached hydrogen (secondary N) is 1. The van der Waals surface area contributed by atoms with Gasteiger partial charge in [-0.25, -0.2) is 28.1 Å². The minimum Gasteiger partial charge on any atom is -0.444 e. The number of alkyl carbamates (subject to hydrolysis) is 1. The summed E-state index contributed by atoms with van der Waals surface area (Å²) in [6.07, 6.45) is 4.52. The van der Waals surface area contributed by atoms with E-state index in [2.05, 4.69) is 31.4 Å². The van der Waals surface area contributed by atoms with Gasteiger partial charge in [0, 0.05) is 10.9 Å². The smallest absolute Gasteiger partial charge is 0.407 e. The van der Waals surface area contributed by atoms with Crippen molar-refractivity contribution in [3.63, 3.8) is 0 Å². The zero-order valence-corrected chi connectivity index (χ0v) is 21.2. The van der Waals surface area contributed by atoms with E-state index in [4.69, 9.17) is 4.74 Å². The summed E-state index contributed by atoms with van der Waals surface area (Å²) in [6.45, 7) is 7.25. The van der Waals surface area contributed by atoms with Crippen molar-refractivity contribution in [3.05, 3.63) is 46.7 Å². The third-order valence-electron chi connectivity index (χ3n) is 5.76. The first-order valence-corrected chi connectivity index (χ1v) is 12.5. The van der Waals surface area contributed by atoms with E-state index in [0.717, 1.165) is 23.2 Å². The molecule has 0 aromatic carbocycles. The molecule has 11 heteroatoms. The Hall–Kier alpha value is -3.47. The Bertz CT molecular complexity index is 1490. The van der Waals surface area contributed by atoms with Crippen LogP contribution in [-0.4, -0.2) is 42.3 Å². The van der Waals surface area contributed by atoms with Gasteiger partial charge in [-0.2, -0.15) is 5.10 Å². The molecule has 8 nitrogen and oxygen atoms in total. The van der Waals surface area contributed by atoms with Gasteiger partial charge in [0.05, 0.1) is 23.7 Å². The average Bonchev–Trinajstić information content (AvgIpc) is 3.39. The van der Waals surface area contributed by atoms with Gasteiger partial charge in [0.2, 0.25) is 0 Å². The summed E-state index contributed by atoms with van der Waals surface area (Å²) >= 11 is 1.50. The Labute approximate surface area is 210 Å². The number of amides is 1. The lowest BCUT2D eigenvalue weighted by Gasteiger charge is -2.25. The monoisotopic (exact) mass is 512 g/mol. The van der Waals surface area contributed by atoms with Gasteiger partial charge in [0.25, 0.3) is 6.43 Å². The highest BCUT2D eigenvalue weighted by atomic mass is 32.1. The van der Waals surface area contributed by atoms with E-state index in [9.17, 15) is 13.6 Å². The second-order valence-corrected chi connectivity index (χ2v) is 10.9. The fraction of sp³-hybridized carbons (Fsp3) is 0.400. The summed E-state index contributed by atoms with van der Waals surface area (Å²) in [5.41, 5.74) is 2.67. The highest BCUT2D eigenvalue weighted by Gasteiger charge is 2.23. The number of thiophene rings is 1. The predicted molar refractivity (Wildman–Crippen MR) is 134 cm³/mol. The Balaban J connectivity index is 1.37. The van der Waals surface area contributed by atoms with Crippen LogP contribution in [0.5, 0.6) is 0 Å². The number of imidazole rings is 1.